The third-order valence-electron chi connectivity index (χ3n) is 8.46. The van der Waals surface area contributed by atoms with Crippen molar-refractivity contribution in [3.63, 3.8) is 0 Å². The van der Waals surface area contributed by atoms with Gasteiger partial charge in [0.1, 0.15) is 24.5 Å². The number of carbonyl (C=O) groups is 1. The highest BCUT2D eigenvalue weighted by Crippen LogP contribution is 2.46. The lowest BCUT2D eigenvalue weighted by atomic mass is 9.88. The lowest BCUT2D eigenvalue weighted by Crippen LogP contribution is -2.56. The van der Waals surface area contributed by atoms with Gasteiger partial charge in [0.2, 0.25) is 5.91 Å². The zero-order valence-corrected chi connectivity index (χ0v) is 27.3. The highest BCUT2D eigenvalue weighted by molar-refractivity contribution is 7.98. The van der Waals surface area contributed by atoms with Crippen LogP contribution in [0.15, 0.2) is 58.6 Å². The molecule has 0 N–H and O–H groups in total. The lowest BCUT2D eigenvalue weighted by Gasteiger charge is -2.45. The number of pyridine rings is 3. The van der Waals surface area contributed by atoms with Crippen LogP contribution in [0.5, 0.6) is 0 Å². The third kappa shape index (κ3) is 5.35. The number of aromatic nitrogens is 3. The van der Waals surface area contributed by atoms with Crippen LogP contribution in [0.25, 0.3) is 11.3 Å². The van der Waals surface area contributed by atoms with Gasteiger partial charge in [0, 0.05) is 56.0 Å². The molecular weight excluding hydrogens is 553 g/mol. The summed E-state index contributed by atoms with van der Waals surface area (Å²) in [6, 6.07) is 8.48. The number of hydrogen-bond acceptors (Lipinski definition) is 8. The van der Waals surface area contributed by atoms with Crippen molar-refractivity contribution in [1.82, 2.24) is 24.8 Å². The molecule has 1 fully saturated rings. The Labute approximate surface area is 260 Å². The van der Waals surface area contributed by atoms with Crippen molar-refractivity contribution < 1.29 is 4.79 Å². The Kier molecular flexibility index (Phi) is 7.61. The van der Waals surface area contributed by atoms with E-state index in [0.717, 1.165) is 68.3 Å². The largest absolute Gasteiger partial charge is 0.350 e. The molecule has 6 rings (SSSR count). The van der Waals surface area contributed by atoms with Crippen LogP contribution in [0, 0.1) is 12.3 Å². The minimum absolute atomic E-state index is 0.0357. The molecule has 10 heteroatoms. The number of nitrogens with zero attached hydrogens (tertiary/aromatic N) is 7. The first-order valence-electron chi connectivity index (χ1n) is 15.1. The normalized spacial score (nSPS) is 19.7. The van der Waals surface area contributed by atoms with Crippen LogP contribution in [0.4, 0.5) is 11.5 Å². The number of aryl methyl sites for hydroxylation is 1. The minimum Gasteiger partial charge on any atom is -0.350 e. The number of thioether (sulfide) groups is 1. The molecule has 1 saturated heterocycles. The molecule has 2 atom stereocenters. The molecule has 3 aliphatic rings. The van der Waals surface area contributed by atoms with Crippen LogP contribution >= 0.6 is 11.8 Å². The number of aliphatic imine (C=N–C) groups is 1. The van der Waals surface area contributed by atoms with Gasteiger partial charge in [-0.2, -0.15) is 0 Å². The number of amidine groups is 1. The van der Waals surface area contributed by atoms with Crippen LogP contribution in [0.2, 0.25) is 0 Å². The molecule has 222 valence electrons. The second-order valence-electron chi connectivity index (χ2n) is 13.2. The maximum Gasteiger partial charge on any atom is 0.223 e. The molecule has 0 spiro atoms. The number of amides is 1. The van der Waals surface area contributed by atoms with Crippen LogP contribution in [-0.2, 0) is 4.79 Å². The summed E-state index contributed by atoms with van der Waals surface area (Å²) < 4.78 is 0. The molecule has 3 aromatic heterocycles. The van der Waals surface area contributed by atoms with E-state index in [1.807, 2.05) is 23.4 Å². The topological polar surface area (TPSA) is 77.8 Å². The Hall–Kier alpha value is -3.66. The molecular formula is C33H40BN7OS. The van der Waals surface area contributed by atoms with Gasteiger partial charge in [0.05, 0.1) is 22.6 Å². The molecule has 0 bridgehead atoms. The minimum atomic E-state index is -0.0357. The first-order valence-corrected chi connectivity index (χ1v) is 16.3. The van der Waals surface area contributed by atoms with E-state index in [-0.39, 0.29) is 23.3 Å². The van der Waals surface area contributed by atoms with Gasteiger partial charge < -0.3 is 9.80 Å². The highest BCUT2D eigenvalue weighted by atomic mass is 32.2. The molecule has 6 heterocycles. The zero-order chi connectivity index (χ0) is 30.6. The Bertz CT molecular complexity index is 1660. The Morgan fingerprint density at radius 2 is 1.91 bits per heavy atom. The molecule has 8 nitrogen and oxygen atoms in total. The molecule has 3 aliphatic heterocycles. The Morgan fingerprint density at radius 3 is 2.63 bits per heavy atom. The molecule has 43 heavy (non-hydrogen) atoms. The number of piperazine rings is 1. The van der Waals surface area contributed by atoms with Gasteiger partial charge in [-0.05, 0) is 55.4 Å². The van der Waals surface area contributed by atoms with Crippen LogP contribution in [0.3, 0.4) is 0 Å². The van der Waals surface area contributed by atoms with Gasteiger partial charge in [0.25, 0.3) is 0 Å². The van der Waals surface area contributed by atoms with Crippen molar-refractivity contribution in [3.05, 3.63) is 65.4 Å². The van der Waals surface area contributed by atoms with E-state index in [0.29, 0.717) is 19.5 Å². The van der Waals surface area contributed by atoms with Gasteiger partial charge in [-0.15, -0.1) is 11.8 Å². The summed E-state index contributed by atoms with van der Waals surface area (Å²) in [7, 11) is 2.12. The number of fused-ring (bicyclic) bond motifs is 5. The second kappa shape index (κ2) is 11.1. The van der Waals surface area contributed by atoms with Crippen molar-refractivity contribution in [2.45, 2.75) is 64.9 Å². The van der Waals surface area contributed by atoms with Crippen LogP contribution in [-0.4, -0.2) is 76.3 Å². The molecule has 0 aromatic carbocycles. The molecule has 3 aromatic rings. The highest BCUT2D eigenvalue weighted by Gasteiger charge is 2.39. The number of carbonyl (C=O) groups excluding carboxylic acids is 1. The van der Waals surface area contributed by atoms with Crippen molar-refractivity contribution in [3.8, 4) is 11.3 Å². The van der Waals surface area contributed by atoms with Crippen molar-refractivity contribution in [2.75, 3.05) is 30.8 Å². The predicted molar refractivity (Wildman–Crippen MR) is 178 cm³/mol. The quantitative estimate of drug-likeness (QED) is 0.323. The van der Waals surface area contributed by atoms with E-state index in [1.54, 1.807) is 11.8 Å². The van der Waals surface area contributed by atoms with E-state index in [2.05, 4.69) is 94.7 Å². The van der Waals surface area contributed by atoms with E-state index in [4.69, 9.17) is 15.0 Å². The first-order chi connectivity index (χ1) is 20.5. The van der Waals surface area contributed by atoms with E-state index < -0.39 is 0 Å². The Morgan fingerprint density at radius 1 is 1.12 bits per heavy atom. The van der Waals surface area contributed by atoms with Gasteiger partial charge in [-0.25, -0.2) is 15.0 Å². The van der Waals surface area contributed by atoms with E-state index in [9.17, 15) is 4.79 Å². The maximum atomic E-state index is 13.1. The predicted octanol–water partition coefficient (Wildman–Crippen LogP) is 4.65. The summed E-state index contributed by atoms with van der Waals surface area (Å²) in [5.74, 6) is 2.99. The zero-order valence-electron chi connectivity index (χ0n) is 26.5. The molecule has 0 radical (unpaired) electrons. The summed E-state index contributed by atoms with van der Waals surface area (Å²) in [5, 5.41) is 0.952. The summed E-state index contributed by atoms with van der Waals surface area (Å²) in [6.07, 6.45) is 8.52. The SMILES string of the molecule is Bc1cc2c(nc1-c1cccnc1SC)N1C(=CC(C)c3nccc(C)c31)N=C2N1CCN(C(=O)CC(C)(C)C)CC1C. The maximum absolute atomic E-state index is 13.1. The molecule has 0 saturated carbocycles. The van der Waals surface area contributed by atoms with Crippen molar-refractivity contribution >= 4 is 48.3 Å². The average molecular weight is 594 g/mol. The smallest absolute Gasteiger partial charge is 0.223 e. The third-order valence-corrected chi connectivity index (χ3v) is 9.17. The summed E-state index contributed by atoms with van der Waals surface area (Å²) >= 11 is 1.63. The van der Waals surface area contributed by atoms with Crippen LogP contribution < -0.4 is 10.4 Å². The fourth-order valence-corrected chi connectivity index (χ4v) is 6.94. The lowest BCUT2D eigenvalue weighted by molar-refractivity contribution is -0.135. The van der Waals surface area contributed by atoms with Crippen molar-refractivity contribution in [2.24, 2.45) is 10.4 Å². The van der Waals surface area contributed by atoms with E-state index >= 15 is 0 Å². The summed E-state index contributed by atoms with van der Waals surface area (Å²) in [6.45, 7) is 14.9. The fraction of sp³-hybridized carbons (Fsp3) is 0.424. The molecule has 2 unspecified atom stereocenters. The van der Waals surface area contributed by atoms with Gasteiger partial charge in [0.15, 0.2) is 5.82 Å². The fourth-order valence-electron chi connectivity index (χ4n) is 6.39. The first kappa shape index (κ1) is 29.4. The monoisotopic (exact) mass is 593 g/mol. The molecule has 0 aliphatic carbocycles. The average Bonchev–Trinajstić information content (AvgIpc) is 2.96. The number of hydrogen-bond donors (Lipinski definition) is 0. The standard InChI is InChI=1S/C33H40BN7OS/c1-19-10-12-35-27-20(2)15-25-37-30(40-14-13-39(18-21(40)3)26(42)17-33(4,5)6)23-16-24(34)28(38-31(23)41(25)29(19)27)22-9-8-11-36-32(22)43-7/h8-12,15-16,20-21H,13-14,17-18,34H2,1-7H3. The number of rotatable bonds is 3. The Balaban J connectivity index is 1.48. The van der Waals surface area contributed by atoms with Crippen LogP contribution in [0.1, 0.15) is 63.8 Å². The molecule has 1 amide bonds. The van der Waals surface area contributed by atoms with Crippen molar-refractivity contribution in [1.29, 1.82) is 0 Å². The summed E-state index contributed by atoms with van der Waals surface area (Å²) in [4.78, 5) is 39.9. The number of allylic oxidation sites excluding steroid dienone is 1. The van der Waals surface area contributed by atoms with E-state index in [1.165, 1.54) is 0 Å². The second-order valence-corrected chi connectivity index (χ2v) is 13.9. The summed E-state index contributed by atoms with van der Waals surface area (Å²) in [5.41, 5.74) is 7.21. The van der Waals surface area contributed by atoms with Gasteiger partial charge in [-0.3, -0.25) is 14.7 Å². The van der Waals surface area contributed by atoms with Gasteiger partial charge >= 0.3 is 0 Å². The van der Waals surface area contributed by atoms with Gasteiger partial charge in [-0.1, -0.05) is 39.2 Å². The number of anilines is 2.